The highest BCUT2D eigenvalue weighted by atomic mass is 32.1. The van der Waals surface area contributed by atoms with Crippen molar-refractivity contribution in [3.05, 3.63) is 47.1 Å². The van der Waals surface area contributed by atoms with Crippen molar-refractivity contribution in [1.29, 1.82) is 0 Å². The van der Waals surface area contributed by atoms with E-state index in [1.807, 2.05) is 32.0 Å². The fourth-order valence-corrected chi connectivity index (χ4v) is 3.04. The Morgan fingerprint density at radius 3 is 2.71 bits per heavy atom. The second kappa shape index (κ2) is 6.83. The van der Waals surface area contributed by atoms with Gasteiger partial charge in [-0.1, -0.05) is 26.0 Å². The molecule has 0 spiro atoms. The molecule has 2 N–H and O–H groups in total. The summed E-state index contributed by atoms with van der Waals surface area (Å²) in [4.78, 5) is 13.1. The Bertz CT molecular complexity index is 624. The summed E-state index contributed by atoms with van der Waals surface area (Å²) in [5.74, 6) is -1.08. The molecule has 0 unspecified atom stereocenters. The summed E-state index contributed by atoms with van der Waals surface area (Å²) in [6, 6.07) is 9.77. The molecule has 0 saturated carbocycles. The van der Waals surface area contributed by atoms with Crippen LogP contribution in [0.25, 0.3) is 10.4 Å². The molecule has 2 rings (SSSR count). The van der Waals surface area contributed by atoms with Crippen LogP contribution in [0.1, 0.15) is 18.7 Å². The average Bonchev–Trinajstić information content (AvgIpc) is 2.87. The van der Waals surface area contributed by atoms with E-state index in [2.05, 4.69) is 5.32 Å². The van der Waals surface area contributed by atoms with Crippen LogP contribution in [0.3, 0.4) is 0 Å². The van der Waals surface area contributed by atoms with Gasteiger partial charge in [0.05, 0.1) is 0 Å². The lowest BCUT2D eigenvalue weighted by Gasteiger charge is -2.17. The molecule has 0 saturated heterocycles. The van der Waals surface area contributed by atoms with Crippen molar-refractivity contribution in [3.8, 4) is 10.4 Å². The van der Waals surface area contributed by atoms with Crippen LogP contribution in [0.4, 0.5) is 4.39 Å². The van der Waals surface area contributed by atoms with Gasteiger partial charge in [-0.15, -0.1) is 11.3 Å². The van der Waals surface area contributed by atoms with Gasteiger partial charge in [0, 0.05) is 16.3 Å². The fourth-order valence-electron chi connectivity index (χ4n) is 2.09. The van der Waals surface area contributed by atoms with Crippen LogP contribution in [0.15, 0.2) is 36.4 Å². The zero-order chi connectivity index (χ0) is 15.4. The molecule has 3 nitrogen and oxygen atoms in total. The number of halogens is 1. The van der Waals surface area contributed by atoms with Gasteiger partial charge in [-0.2, -0.15) is 0 Å². The molecule has 1 atom stereocenters. The second-order valence-electron chi connectivity index (χ2n) is 5.22. The molecule has 0 aliphatic rings. The molecule has 0 fully saturated rings. The summed E-state index contributed by atoms with van der Waals surface area (Å²) in [6.45, 7) is 4.24. The fraction of sp³-hybridized carbons (Fsp3) is 0.312. The Hall–Kier alpha value is -1.72. The van der Waals surface area contributed by atoms with E-state index in [1.54, 1.807) is 6.07 Å². The van der Waals surface area contributed by atoms with Crippen LogP contribution < -0.4 is 5.32 Å². The van der Waals surface area contributed by atoms with E-state index in [0.29, 0.717) is 6.54 Å². The number of aliphatic carboxylic acids is 1. The van der Waals surface area contributed by atoms with Gasteiger partial charge in [-0.3, -0.25) is 10.1 Å². The number of carboxylic acid groups (broad SMARTS) is 1. The van der Waals surface area contributed by atoms with Crippen LogP contribution in [-0.2, 0) is 11.3 Å². The first-order valence-electron chi connectivity index (χ1n) is 6.78. The van der Waals surface area contributed by atoms with Gasteiger partial charge >= 0.3 is 5.97 Å². The maximum atomic E-state index is 13.2. The minimum Gasteiger partial charge on any atom is -0.480 e. The molecule has 1 heterocycles. The van der Waals surface area contributed by atoms with Crippen LogP contribution in [-0.4, -0.2) is 17.1 Å². The van der Waals surface area contributed by atoms with E-state index in [9.17, 15) is 9.18 Å². The maximum absolute atomic E-state index is 13.2. The van der Waals surface area contributed by atoms with Crippen LogP contribution in [0, 0.1) is 11.7 Å². The Morgan fingerprint density at radius 2 is 2.10 bits per heavy atom. The molecule has 0 bridgehead atoms. The highest BCUT2D eigenvalue weighted by Crippen LogP contribution is 2.28. The molecule has 5 heteroatoms. The number of carboxylic acids is 1. The monoisotopic (exact) mass is 307 g/mol. The number of hydrogen-bond acceptors (Lipinski definition) is 3. The molecule has 0 amide bonds. The second-order valence-corrected chi connectivity index (χ2v) is 6.39. The standard InChI is InChI=1S/C16H18FNO2S/c1-10(2)15(16(19)20)18-9-13-6-7-14(21-13)11-4-3-5-12(17)8-11/h3-8,10,15,18H,9H2,1-2H3,(H,19,20)/t15-/m1/s1. The number of rotatable bonds is 6. The Balaban J connectivity index is 2.05. The van der Waals surface area contributed by atoms with Crippen molar-refractivity contribution in [2.75, 3.05) is 0 Å². The molecule has 1 aromatic heterocycles. The van der Waals surface area contributed by atoms with Crippen LogP contribution in [0.5, 0.6) is 0 Å². The molecule has 21 heavy (non-hydrogen) atoms. The van der Waals surface area contributed by atoms with Gasteiger partial charge in [0.1, 0.15) is 11.9 Å². The van der Waals surface area contributed by atoms with Crippen molar-refractivity contribution in [2.45, 2.75) is 26.4 Å². The average molecular weight is 307 g/mol. The van der Waals surface area contributed by atoms with Gasteiger partial charge in [-0.05, 0) is 35.7 Å². The Morgan fingerprint density at radius 1 is 1.33 bits per heavy atom. The minimum atomic E-state index is -0.841. The molecule has 1 aromatic carbocycles. The topological polar surface area (TPSA) is 49.3 Å². The summed E-state index contributed by atoms with van der Waals surface area (Å²) >= 11 is 1.54. The van der Waals surface area contributed by atoms with E-state index in [4.69, 9.17) is 5.11 Å². The van der Waals surface area contributed by atoms with Crippen LogP contribution >= 0.6 is 11.3 Å². The van der Waals surface area contributed by atoms with E-state index in [-0.39, 0.29) is 11.7 Å². The molecule has 2 aromatic rings. The first kappa shape index (κ1) is 15.7. The number of benzene rings is 1. The van der Waals surface area contributed by atoms with Gasteiger partial charge in [0.15, 0.2) is 0 Å². The largest absolute Gasteiger partial charge is 0.480 e. The van der Waals surface area contributed by atoms with E-state index >= 15 is 0 Å². The highest BCUT2D eigenvalue weighted by molar-refractivity contribution is 7.15. The first-order valence-corrected chi connectivity index (χ1v) is 7.60. The SMILES string of the molecule is CC(C)[C@@H](NCc1ccc(-c2cccc(F)c2)s1)C(=O)O. The van der Waals surface area contributed by atoms with Crippen molar-refractivity contribution < 1.29 is 14.3 Å². The van der Waals surface area contributed by atoms with E-state index in [0.717, 1.165) is 15.3 Å². The summed E-state index contributed by atoms with van der Waals surface area (Å²) in [6.07, 6.45) is 0. The minimum absolute atomic E-state index is 0.0187. The highest BCUT2D eigenvalue weighted by Gasteiger charge is 2.20. The molecular weight excluding hydrogens is 289 g/mol. The number of carbonyl (C=O) groups is 1. The molecule has 0 radical (unpaired) electrons. The molecule has 0 aliphatic carbocycles. The predicted molar refractivity (Wildman–Crippen MR) is 82.8 cm³/mol. The zero-order valence-electron chi connectivity index (χ0n) is 12.0. The maximum Gasteiger partial charge on any atom is 0.320 e. The van der Waals surface area contributed by atoms with Gasteiger partial charge < -0.3 is 5.11 Å². The summed E-state index contributed by atoms with van der Waals surface area (Å²) in [5.41, 5.74) is 0.838. The summed E-state index contributed by atoms with van der Waals surface area (Å²) in [5, 5.41) is 12.2. The summed E-state index contributed by atoms with van der Waals surface area (Å²) < 4.78 is 13.2. The lowest BCUT2D eigenvalue weighted by Crippen LogP contribution is -2.40. The number of hydrogen-bond donors (Lipinski definition) is 2. The zero-order valence-corrected chi connectivity index (χ0v) is 12.8. The number of nitrogens with one attached hydrogen (secondary N) is 1. The normalized spacial score (nSPS) is 12.6. The smallest absolute Gasteiger partial charge is 0.320 e. The van der Waals surface area contributed by atoms with Gasteiger partial charge in [0.2, 0.25) is 0 Å². The predicted octanol–water partition coefficient (Wildman–Crippen LogP) is 3.75. The van der Waals surface area contributed by atoms with Crippen molar-refractivity contribution in [3.63, 3.8) is 0 Å². The van der Waals surface area contributed by atoms with E-state index < -0.39 is 12.0 Å². The van der Waals surface area contributed by atoms with Crippen molar-refractivity contribution in [1.82, 2.24) is 5.32 Å². The van der Waals surface area contributed by atoms with E-state index in [1.165, 1.54) is 23.5 Å². The Labute approximate surface area is 127 Å². The quantitative estimate of drug-likeness (QED) is 0.854. The lowest BCUT2D eigenvalue weighted by atomic mass is 10.1. The first-order chi connectivity index (χ1) is 9.97. The third-order valence-electron chi connectivity index (χ3n) is 3.20. The lowest BCUT2D eigenvalue weighted by molar-refractivity contribution is -0.140. The number of thiophene rings is 1. The van der Waals surface area contributed by atoms with Crippen molar-refractivity contribution in [2.24, 2.45) is 5.92 Å². The molecule has 112 valence electrons. The van der Waals surface area contributed by atoms with Crippen molar-refractivity contribution >= 4 is 17.3 Å². The van der Waals surface area contributed by atoms with Crippen LogP contribution in [0.2, 0.25) is 0 Å². The molecular formula is C16H18FNO2S. The van der Waals surface area contributed by atoms with Gasteiger partial charge in [-0.25, -0.2) is 4.39 Å². The third-order valence-corrected chi connectivity index (χ3v) is 4.33. The van der Waals surface area contributed by atoms with Gasteiger partial charge in [0.25, 0.3) is 0 Å². The summed E-state index contributed by atoms with van der Waals surface area (Å²) in [7, 11) is 0. The Kier molecular flexibility index (Phi) is 5.09. The third kappa shape index (κ3) is 4.12. The molecule has 0 aliphatic heterocycles.